The molecule has 210 valence electrons. The summed E-state index contributed by atoms with van der Waals surface area (Å²) >= 11 is 0. The molecule has 8 heteroatoms. The lowest BCUT2D eigenvalue weighted by Crippen LogP contribution is -2.45. The van der Waals surface area contributed by atoms with Gasteiger partial charge in [-0.3, -0.25) is 9.59 Å². The number of hydrogen-bond acceptors (Lipinski definition) is 7. The molecule has 0 saturated carbocycles. The van der Waals surface area contributed by atoms with Gasteiger partial charge in [-0.15, -0.1) is 0 Å². The zero-order valence-electron chi connectivity index (χ0n) is 23.7. The summed E-state index contributed by atoms with van der Waals surface area (Å²) in [6, 6.07) is 5.88. The number of ketones is 1. The maximum Gasteiger partial charge on any atom is 0.309 e. The number of cyclic esters (lactones) is 1. The maximum atomic E-state index is 13.3. The molecule has 2 heterocycles. The summed E-state index contributed by atoms with van der Waals surface area (Å²) in [5.41, 5.74) is 8.34. The van der Waals surface area contributed by atoms with Crippen LogP contribution in [0.1, 0.15) is 84.2 Å². The Morgan fingerprint density at radius 1 is 1.18 bits per heavy atom. The van der Waals surface area contributed by atoms with Gasteiger partial charge in [-0.25, -0.2) is 4.98 Å². The molecule has 2 aromatic rings. The Hall–Kier alpha value is -2.55. The van der Waals surface area contributed by atoms with Gasteiger partial charge >= 0.3 is 5.97 Å². The van der Waals surface area contributed by atoms with E-state index in [1.807, 2.05) is 32.0 Å². The van der Waals surface area contributed by atoms with Crippen LogP contribution in [0.25, 0.3) is 11.0 Å². The number of esters is 1. The highest BCUT2D eigenvalue weighted by molar-refractivity contribution is 5.88. The van der Waals surface area contributed by atoms with Crippen LogP contribution in [0.3, 0.4) is 0 Å². The predicted octanol–water partition coefficient (Wildman–Crippen LogP) is 4.39. The van der Waals surface area contributed by atoms with Crippen molar-refractivity contribution in [2.24, 2.45) is 23.0 Å². The van der Waals surface area contributed by atoms with Crippen molar-refractivity contribution >= 4 is 22.8 Å². The molecule has 3 rings (SSSR count). The second kappa shape index (κ2) is 12.5. The number of allylic oxidation sites excluding steroid dienone is 1. The second-order valence-corrected chi connectivity index (χ2v) is 11.6. The standard InChI is InChI=1S/C30H45N3O5/c1-18-8-7-9-19(2)28(36)20(3)29(37)30(5,6)26(34)17-27(35)38-25(13-10-18)22-11-12-24-23(16-22)32-21(4)33(24)15-14-31/h10-12,16,19-20,25-26,28,34,36H,7-9,13-15,17,31H2,1-6H3/b18-10-/t19-,20+,25-,26-,28?/m0/s1. The first-order valence-electron chi connectivity index (χ1n) is 13.8. The zero-order chi connectivity index (χ0) is 28.2. The van der Waals surface area contributed by atoms with E-state index in [0.29, 0.717) is 19.5 Å². The number of nitrogens with zero attached hydrogens (tertiary/aromatic N) is 2. The smallest absolute Gasteiger partial charge is 0.309 e. The highest BCUT2D eigenvalue weighted by Gasteiger charge is 2.42. The van der Waals surface area contributed by atoms with Crippen LogP contribution < -0.4 is 5.73 Å². The molecule has 0 aliphatic carbocycles. The number of ether oxygens (including phenoxy) is 1. The van der Waals surface area contributed by atoms with Crippen LogP contribution in [0.4, 0.5) is 0 Å². The SMILES string of the molecule is C/C1=C/C[C@@H](c2ccc3c(c2)nc(C)n3CCN)OC(=O)C[C@H](O)C(C)(C)C(=O)[C@H](C)C(O)[C@@H](C)CCC1. The summed E-state index contributed by atoms with van der Waals surface area (Å²) in [6.45, 7) is 12.1. The minimum absolute atomic E-state index is 0.0606. The lowest BCUT2D eigenvalue weighted by Gasteiger charge is -2.34. The molecule has 1 aliphatic rings. The van der Waals surface area contributed by atoms with Crippen LogP contribution in [0.2, 0.25) is 0 Å². The van der Waals surface area contributed by atoms with Crippen molar-refractivity contribution in [3.05, 3.63) is 41.2 Å². The Kier molecular flexibility index (Phi) is 9.90. The Morgan fingerprint density at radius 3 is 2.58 bits per heavy atom. The normalized spacial score (nSPS) is 29.6. The monoisotopic (exact) mass is 527 g/mol. The van der Waals surface area contributed by atoms with Gasteiger partial charge in [-0.05, 0) is 56.7 Å². The third-order valence-electron chi connectivity index (χ3n) is 8.21. The Bertz CT molecular complexity index is 1170. The van der Waals surface area contributed by atoms with Crippen molar-refractivity contribution in [2.45, 2.75) is 98.5 Å². The minimum atomic E-state index is -1.24. The number of imidazole rings is 1. The number of benzene rings is 1. The van der Waals surface area contributed by atoms with Gasteiger partial charge in [0.15, 0.2) is 0 Å². The number of Topliss-reactive ketones (excluding diaryl/α,β-unsaturated/α-hetero) is 1. The Morgan fingerprint density at radius 2 is 1.89 bits per heavy atom. The molecule has 38 heavy (non-hydrogen) atoms. The summed E-state index contributed by atoms with van der Waals surface area (Å²) in [5, 5.41) is 21.8. The van der Waals surface area contributed by atoms with Crippen LogP contribution in [0.15, 0.2) is 29.8 Å². The molecule has 4 N–H and O–H groups in total. The van der Waals surface area contributed by atoms with Crippen molar-refractivity contribution < 1.29 is 24.5 Å². The highest BCUT2D eigenvalue weighted by Crippen LogP contribution is 2.33. The number of aliphatic hydroxyl groups is 2. The van der Waals surface area contributed by atoms with Crippen LogP contribution >= 0.6 is 0 Å². The van der Waals surface area contributed by atoms with Gasteiger partial charge in [0.05, 0.1) is 35.1 Å². The van der Waals surface area contributed by atoms with E-state index in [2.05, 4.69) is 22.6 Å². The quantitative estimate of drug-likeness (QED) is 0.399. The first kappa shape index (κ1) is 30.0. The second-order valence-electron chi connectivity index (χ2n) is 11.6. The largest absolute Gasteiger partial charge is 0.457 e. The van der Waals surface area contributed by atoms with Crippen LogP contribution in [0, 0.1) is 24.2 Å². The van der Waals surface area contributed by atoms with E-state index in [0.717, 1.165) is 41.7 Å². The molecule has 0 bridgehead atoms. The fraction of sp³-hybridized carbons (Fsp3) is 0.633. The maximum absolute atomic E-state index is 13.3. The van der Waals surface area contributed by atoms with Gasteiger partial charge in [-0.2, -0.15) is 0 Å². The average Bonchev–Trinajstić information content (AvgIpc) is 3.18. The Labute approximate surface area is 226 Å². The summed E-state index contributed by atoms with van der Waals surface area (Å²) in [4.78, 5) is 31.0. The van der Waals surface area contributed by atoms with E-state index in [9.17, 15) is 19.8 Å². The summed E-state index contributed by atoms with van der Waals surface area (Å²) < 4.78 is 8.00. The van der Waals surface area contributed by atoms with Crippen LogP contribution in [0.5, 0.6) is 0 Å². The van der Waals surface area contributed by atoms with Gasteiger partial charge in [-0.1, -0.05) is 45.4 Å². The van der Waals surface area contributed by atoms with E-state index in [1.165, 1.54) is 5.57 Å². The number of fused-ring (bicyclic) bond motifs is 1. The van der Waals surface area contributed by atoms with E-state index in [-0.39, 0.29) is 18.1 Å². The lowest BCUT2D eigenvalue weighted by molar-refractivity contribution is -0.155. The fourth-order valence-electron chi connectivity index (χ4n) is 5.43. The summed E-state index contributed by atoms with van der Waals surface area (Å²) in [6.07, 6.45) is 2.17. The summed E-state index contributed by atoms with van der Waals surface area (Å²) in [5.74, 6) is -0.678. The topological polar surface area (TPSA) is 128 Å². The third-order valence-corrected chi connectivity index (χ3v) is 8.21. The van der Waals surface area contributed by atoms with Crippen LogP contribution in [-0.2, 0) is 20.9 Å². The average molecular weight is 528 g/mol. The van der Waals surface area contributed by atoms with Gasteiger partial charge < -0.3 is 25.3 Å². The van der Waals surface area contributed by atoms with E-state index in [1.54, 1.807) is 20.8 Å². The fourth-order valence-corrected chi connectivity index (χ4v) is 5.43. The van der Waals surface area contributed by atoms with Crippen molar-refractivity contribution in [2.75, 3.05) is 6.54 Å². The van der Waals surface area contributed by atoms with Crippen molar-refractivity contribution in [1.82, 2.24) is 9.55 Å². The molecule has 0 saturated heterocycles. The summed E-state index contributed by atoms with van der Waals surface area (Å²) in [7, 11) is 0. The van der Waals surface area contributed by atoms with E-state index >= 15 is 0 Å². The Balaban J connectivity index is 1.94. The number of aromatic nitrogens is 2. The van der Waals surface area contributed by atoms with Crippen molar-refractivity contribution in [3.63, 3.8) is 0 Å². The molecule has 1 aromatic heterocycles. The lowest BCUT2D eigenvalue weighted by atomic mass is 9.73. The molecule has 8 nitrogen and oxygen atoms in total. The third kappa shape index (κ3) is 6.71. The minimum Gasteiger partial charge on any atom is -0.457 e. The molecule has 0 fully saturated rings. The van der Waals surface area contributed by atoms with Gasteiger partial charge in [0.1, 0.15) is 17.7 Å². The van der Waals surface area contributed by atoms with Gasteiger partial charge in [0, 0.05) is 25.4 Å². The molecule has 1 unspecified atom stereocenters. The highest BCUT2D eigenvalue weighted by atomic mass is 16.5. The predicted molar refractivity (Wildman–Crippen MR) is 148 cm³/mol. The molecule has 0 amide bonds. The number of nitrogens with two attached hydrogens (primary N) is 1. The van der Waals surface area contributed by atoms with Crippen molar-refractivity contribution in [1.29, 1.82) is 0 Å². The molecule has 1 aromatic carbocycles. The number of carbonyl (C=O) groups excluding carboxylic acids is 2. The number of hydrogen-bond donors (Lipinski definition) is 3. The van der Waals surface area contributed by atoms with E-state index in [4.69, 9.17) is 10.5 Å². The van der Waals surface area contributed by atoms with E-state index < -0.39 is 35.6 Å². The molecule has 1 aliphatic heterocycles. The number of carbonyl (C=O) groups is 2. The first-order valence-corrected chi connectivity index (χ1v) is 13.8. The molecular formula is C30H45N3O5. The molecule has 5 atom stereocenters. The molecule has 0 spiro atoms. The molecule has 0 radical (unpaired) electrons. The van der Waals surface area contributed by atoms with Gasteiger partial charge in [0.25, 0.3) is 0 Å². The number of rotatable bonds is 3. The first-order chi connectivity index (χ1) is 17.9. The molecular weight excluding hydrogens is 482 g/mol. The zero-order valence-corrected chi connectivity index (χ0v) is 23.7. The van der Waals surface area contributed by atoms with Crippen LogP contribution in [-0.4, -0.2) is 50.3 Å². The van der Waals surface area contributed by atoms with Gasteiger partial charge in [0.2, 0.25) is 0 Å². The number of aryl methyl sites for hydroxylation is 1. The van der Waals surface area contributed by atoms with Crippen molar-refractivity contribution in [3.8, 4) is 0 Å². The number of aliphatic hydroxyl groups excluding tert-OH is 2.